The van der Waals surface area contributed by atoms with E-state index in [-0.39, 0.29) is 29.4 Å². The summed E-state index contributed by atoms with van der Waals surface area (Å²) in [6, 6.07) is -1.26. The highest BCUT2D eigenvalue weighted by molar-refractivity contribution is 5.83. The van der Waals surface area contributed by atoms with Crippen molar-refractivity contribution in [3.63, 3.8) is 0 Å². The average Bonchev–Trinajstić information content (AvgIpc) is 3.38. The Morgan fingerprint density at radius 2 is 1.93 bits per heavy atom. The van der Waals surface area contributed by atoms with Gasteiger partial charge in [-0.15, -0.1) is 20.4 Å². The van der Waals surface area contributed by atoms with Crippen LogP contribution in [0.25, 0.3) is 11.2 Å². The van der Waals surface area contributed by atoms with Crippen molar-refractivity contribution in [2.75, 3.05) is 18.0 Å². The summed E-state index contributed by atoms with van der Waals surface area (Å²) in [6.45, 7) is 1.69. The molecule has 0 aromatic carbocycles. The van der Waals surface area contributed by atoms with Crippen LogP contribution in [0.1, 0.15) is 32.1 Å². The lowest BCUT2D eigenvalue weighted by Gasteiger charge is -2.19. The molecule has 0 bridgehead atoms. The summed E-state index contributed by atoms with van der Waals surface area (Å²) in [4.78, 5) is 10.2. The quantitative estimate of drug-likeness (QED) is 0.595. The number of anilines is 1. The Morgan fingerprint density at radius 1 is 1.17 bits per heavy atom. The highest BCUT2D eigenvalue weighted by atomic mass is 19.4. The summed E-state index contributed by atoms with van der Waals surface area (Å²) in [5.41, 5.74) is -0.0787. The standard InChI is InChI=1S/C14H15F5N10O/c1-6(9-22-26-27-23-9)29-24-8-10(25-29)20-12(30-7(2)14(17,18)19)21-11(8)28-4-3-13(15,16)5-28/h6-7H,3-5H2,1-2H3,(H,22,23,26,27)/t6?,7-/m0/s1. The second-order valence-electron chi connectivity index (χ2n) is 6.80. The summed E-state index contributed by atoms with van der Waals surface area (Å²) in [5, 5.41) is 21.7. The van der Waals surface area contributed by atoms with Gasteiger partial charge >= 0.3 is 12.2 Å². The van der Waals surface area contributed by atoms with Crippen molar-refractivity contribution in [1.82, 2.24) is 45.6 Å². The molecule has 2 atom stereocenters. The third-order valence-electron chi connectivity index (χ3n) is 4.52. The molecule has 0 saturated carbocycles. The molecule has 3 aromatic heterocycles. The van der Waals surface area contributed by atoms with E-state index in [4.69, 9.17) is 4.74 Å². The summed E-state index contributed by atoms with van der Waals surface area (Å²) in [6.07, 6.45) is -7.30. The van der Waals surface area contributed by atoms with Gasteiger partial charge in [-0.05, 0) is 13.8 Å². The van der Waals surface area contributed by atoms with Crippen LogP contribution in [0.4, 0.5) is 27.8 Å². The molecule has 11 nitrogen and oxygen atoms in total. The number of aromatic nitrogens is 9. The van der Waals surface area contributed by atoms with E-state index < -0.39 is 43.2 Å². The van der Waals surface area contributed by atoms with Gasteiger partial charge in [-0.1, -0.05) is 5.21 Å². The lowest BCUT2D eigenvalue weighted by Crippen LogP contribution is -2.32. The molecular formula is C14H15F5N10O. The van der Waals surface area contributed by atoms with Gasteiger partial charge in [0.25, 0.3) is 5.92 Å². The van der Waals surface area contributed by atoms with Crippen LogP contribution in [-0.4, -0.2) is 76.9 Å². The SMILES string of the molecule is CC(c1nn[nH]n1)n1nc2nc(O[C@@H](C)C(F)(F)F)nc(N3CCC(F)(F)C3)c2n1. The molecule has 1 aliphatic heterocycles. The smallest absolute Gasteiger partial charge is 0.425 e. The van der Waals surface area contributed by atoms with Crippen LogP contribution in [0.15, 0.2) is 0 Å². The number of halogens is 5. The normalized spacial score (nSPS) is 18.7. The Hall–Kier alpha value is -3.20. The maximum atomic E-state index is 13.7. The van der Waals surface area contributed by atoms with E-state index in [9.17, 15) is 22.0 Å². The van der Waals surface area contributed by atoms with Gasteiger partial charge in [0.1, 0.15) is 6.04 Å². The first-order chi connectivity index (χ1) is 14.0. The van der Waals surface area contributed by atoms with Crippen LogP contribution in [0.2, 0.25) is 0 Å². The highest BCUT2D eigenvalue weighted by Gasteiger charge is 2.41. The van der Waals surface area contributed by atoms with Gasteiger partial charge in [-0.3, -0.25) is 0 Å². The maximum absolute atomic E-state index is 13.7. The van der Waals surface area contributed by atoms with Gasteiger partial charge in [-0.2, -0.15) is 33.1 Å². The van der Waals surface area contributed by atoms with E-state index >= 15 is 0 Å². The van der Waals surface area contributed by atoms with Gasteiger partial charge in [0.2, 0.25) is 11.5 Å². The molecule has 4 heterocycles. The number of nitrogens with zero attached hydrogens (tertiary/aromatic N) is 9. The molecular weight excluding hydrogens is 419 g/mol. The van der Waals surface area contributed by atoms with Crippen molar-refractivity contribution >= 4 is 17.0 Å². The number of aromatic amines is 1. The minimum absolute atomic E-state index is 0.0371. The van der Waals surface area contributed by atoms with Crippen LogP contribution >= 0.6 is 0 Å². The molecule has 1 N–H and O–H groups in total. The average molecular weight is 434 g/mol. The van der Waals surface area contributed by atoms with Crippen molar-refractivity contribution in [2.24, 2.45) is 0 Å². The van der Waals surface area contributed by atoms with Crippen LogP contribution in [0.3, 0.4) is 0 Å². The molecule has 30 heavy (non-hydrogen) atoms. The Kier molecular flexibility index (Phi) is 4.65. The monoisotopic (exact) mass is 434 g/mol. The van der Waals surface area contributed by atoms with Gasteiger partial charge in [0.15, 0.2) is 17.4 Å². The molecule has 1 fully saturated rings. The van der Waals surface area contributed by atoms with E-state index in [1.807, 2.05) is 0 Å². The molecule has 3 aromatic rings. The van der Waals surface area contributed by atoms with Crippen LogP contribution in [-0.2, 0) is 0 Å². The van der Waals surface area contributed by atoms with Gasteiger partial charge < -0.3 is 9.64 Å². The summed E-state index contributed by atoms with van der Waals surface area (Å²) in [7, 11) is 0. The number of ether oxygens (including phenoxy) is 1. The van der Waals surface area contributed by atoms with Crippen LogP contribution in [0.5, 0.6) is 6.01 Å². The largest absolute Gasteiger partial charge is 0.451 e. The third kappa shape index (κ3) is 3.80. The van der Waals surface area contributed by atoms with Crippen LogP contribution in [0, 0.1) is 0 Å². The minimum atomic E-state index is -4.66. The number of nitrogens with one attached hydrogen (secondary N) is 1. The van der Waals surface area contributed by atoms with Crippen molar-refractivity contribution in [1.29, 1.82) is 0 Å². The maximum Gasteiger partial charge on any atom is 0.425 e. The molecule has 0 spiro atoms. The lowest BCUT2D eigenvalue weighted by molar-refractivity contribution is -0.190. The molecule has 1 unspecified atom stereocenters. The fourth-order valence-corrected chi connectivity index (χ4v) is 2.83. The number of hydrogen-bond donors (Lipinski definition) is 1. The molecule has 16 heteroatoms. The molecule has 1 aliphatic rings. The first-order valence-electron chi connectivity index (χ1n) is 8.77. The zero-order chi connectivity index (χ0) is 21.7. The van der Waals surface area contributed by atoms with E-state index in [2.05, 4.69) is 40.8 Å². The van der Waals surface area contributed by atoms with Gasteiger partial charge in [-0.25, -0.2) is 8.78 Å². The Balaban J connectivity index is 1.77. The molecule has 0 amide bonds. The molecule has 0 radical (unpaired) electrons. The number of rotatable bonds is 5. The summed E-state index contributed by atoms with van der Waals surface area (Å²) >= 11 is 0. The second kappa shape index (κ2) is 6.94. The highest BCUT2D eigenvalue weighted by Crippen LogP contribution is 2.34. The number of hydrogen-bond acceptors (Lipinski definition) is 9. The van der Waals surface area contributed by atoms with E-state index in [0.29, 0.717) is 0 Å². The Morgan fingerprint density at radius 3 is 2.53 bits per heavy atom. The molecule has 0 aliphatic carbocycles. The second-order valence-corrected chi connectivity index (χ2v) is 6.80. The van der Waals surface area contributed by atoms with Gasteiger partial charge in [0, 0.05) is 13.0 Å². The lowest BCUT2D eigenvalue weighted by atomic mass is 10.3. The van der Waals surface area contributed by atoms with E-state index in [1.54, 1.807) is 6.92 Å². The van der Waals surface area contributed by atoms with Crippen LogP contribution < -0.4 is 9.64 Å². The zero-order valence-electron chi connectivity index (χ0n) is 15.6. The topological polar surface area (TPSA) is 123 Å². The van der Waals surface area contributed by atoms with Crippen molar-refractivity contribution in [3.8, 4) is 6.01 Å². The van der Waals surface area contributed by atoms with Crippen molar-refractivity contribution in [2.45, 2.75) is 44.5 Å². The number of tetrazole rings is 1. The predicted octanol–water partition coefficient (Wildman–Crippen LogP) is 1.52. The number of H-pyrrole nitrogens is 1. The predicted molar refractivity (Wildman–Crippen MR) is 89.0 cm³/mol. The number of fused-ring (bicyclic) bond motifs is 1. The molecule has 4 rings (SSSR count). The van der Waals surface area contributed by atoms with E-state index in [0.717, 1.165) is 11.7 Å². The Labute approximate surface area is 164 Å². The molecule has 162 valence electrons. The minimum Gasteiger partial charge on any atom is -0.451 e. The Bertz CT molecular complexity index is 1040. The fourth-order valence-electron chi connectivity index (χ4n) is 2.83. The molecule has 1 saturated heterocycles. The van der Waals surface area contributed by atoms with E-state index in [1.165, 1.54) is 4.90 Å². The first-order valence-corrected chi connectivity index (χ1v) is 8.77. The summed E-state index contributed by atoms with van der Waals surface area (Å²) < 4.78 is 70.9. The van der Waals surface area contributed by atoms with Gasteiger partial charge in [0.05, 0.1) is 6.54 Å². The third-order valence-corrected chi connectivity index (χ3v) is 4.52. The zero-order valence-corrected chi connectivity index (χ0v) is 15.6. The summed E-state index contributed by atoms with van der Waals surface area (Å²) in [5.74, 6) is -2.82. The fraction of sp³-hybridized carbons (Fsp3) is 0.643. The first kappa shape index (κ1) is 20.1. The van der Waals surface area contributed by atoms with Crippen molar-refractivity contribution in [3.05, 3.63) is 5.82 Å². The van der Waals surface area contributed by atoms with Crippen molar-refractivity contribution < 1.29 is 26.7 Å². The number of alkyl halides is 5.